The van der Waals surface area contributed by atoms with Gasteiger partial charge < -0.3 is 4.57 Å². The zero-order chi connectivity index (χ0) is 19.7. The predicted molar refractivity (Wildman–Crippen MR) is 110 cm³/mol. The summed E-state index contributed by atoms with van der Waals surface area (Å²) < 4.78 is 2.21. The Bertz CT molecular complexity index is 1040. The molecular formula is C22H23N3O2. The van der Waals surface area contributed by atoms with Crippen LogP contribution in [0.3, 0.4) is 0 Å². The number of hydrogen-bond donors (Lipinski definition) is 0. The van der Waals surface area contributed by atoms with E-state index < -0.39 is 0 Å². The quantitative estimate of drug-likeness (QED) is 0.341. The molecule has 2 aromatic carbocycles. The van der Waals surface area contributed by atoms with E-state index in [0.29, 0.717) is 11.3 Å². The molecule has 0 spiro atoms. The predicted octanol–water partition coefficient (Wildman–Crippen LogP) is 5.68. The number of aliphatic imine (C=N–C) groups is 1. The van der Waals surface area contributed by atoms with Gasteiger partial charge in [-0.05, 0) is 70.0 Å². The maximum Gasteiger partial charge on any atom is 0.274 e. The molecule has 0 radical (unpaired) electrons. The van der Waals surface area contributed by atoms with Crippen LogP contribution in [0, 0.1) is 44.7 Å². The van der Waals surface area contributed by atoms with Gasteiger partial charge in [-0.1, -0.05) is 12.1 Å². The normalized spacial score (nSPS) is 11.3. The second kappa shape index (κ2) is 7.19. The summed E-state index contributed by atoms with van der Waals surface area (Å²) in [5, 5.41) is 11.1. The fourth-order valence-corrected chi connectivity index (χ4v) is 3.41. The van der Waals surface area contributed by atoms with Crippen molar-refractivity contribution in [3.8, 4) is 5.69 Å². The molecule has 5 nitrogen and oxygen atoms in total. The van der Waals surface area contributed by atoms with Crippen LogP contribution in [0.15, 0.2) is 47.5 Å². The Morgan fingerprint density at radius 1 is 0.963 bits per heavy atom. The molecule has 0 fully saturated rings. The lowest BCUT2D eigenvalue weighted by atomic mass is 10.1. The van der Waals surface area contributed by atoms with Crippen LogP contribution in [0.5, 0.6) is 0 Å². The second-order valence-electron chi connectivity index (χ2n) is 6.99. The molecule has 1 aromatic heterocycles. The van der Waals surface area contributed by atoms with Gasteiger partial charge in [0.05, 0.1) is 10.6 Å². The largest absolute Gasteiger partial charge is 0.318 e. The molecule has 0 aliphatic heterocycles. The van der Waals surface area contributed by atoms with Gasteiger partial charge in [-0.2, -0.15) is 0 Å². The minimum absolute atomic E-state index is 0.0883. The van der Waals surface area contributed by atoms with E-state index >= 15 is 0 Å². The highest BCUT2D eigenvalue weighted by Crippen LogP contribution is 2.25. The van der Waals surface area contributed by atoms with E-state index in [1.54, 1.807) is 25.3 Å². The van der Waals surface area contributed by atoms with Crippen molar-refractivity contribution in [3.63, 3.8) is 0 Å². The Hall–Kier alpha value is -3.21. The average Bonchev–Trinajstić information content (AvgIpc) is 2.86. The van der Waals surface area contributed by atoms with E-state index in [-0.39, 0.29) is 10.6 Å². The van der Waals surface area contributed by atoms with Crippen molar-refractivity contribution in [1.29, 1.82) is 0 Å². The minimum Gasteiger partial charge on any atom is -0.318 e. The number of aryl methyl sites for hydroxylation is 4. The molecule has 5 heteroatoms. The Kier molecular flexibility index (Phi) is 4.95. The van der Waals surface area contributed by atoms with E-state index in [1.165, 1.54) is 17.2 Å². The van der Waals surface area contributed by atoms with Crippen LogP contribution in [0.4, 0.5) is 11.4 Å². The molecule has 0 saturated heterocycles. The zero-order valence-corrected chi connectivity index (χ0v) is 16.3. The van der Waals surface area contributed by atoms with Gasteiger partial charge >= 0.3 is 0 Å². The van der Waals surface area contributed by atoms with E-state index in [1.807, 2.05) is 0 Å². The molecule has 0 amide bonds. The number of hydrogen-bond acceptors (Lipinski definition) is 3. The van der Waals surface area contributed by atoms with Crippen LogP contribution in [-0.4, -0.2) is 15.7 Å². The molecule has 0 atom stereocenters. The third-order valence-electron chi connectivity index (χ3n) is 4.68. The van der Waals surface area contributed by atoms with Crippen molar-refractivity contribution in [2.75, 3.05) is 0 Å². The summed E-state index contributed by atoms with van der Waals surface area (Å²) in [4.78, 5) is 15.2. The first kappa shape index (κ1) is 18.6. The number of benzene rings is 2. The number of nitro groups is 1. The Labute approximate surface area is 159 Å². The molecule has 0 bridgehead atoms. The first-order valence-electron chi connectivity index (χ1n) is 8.83. The van der Waals surface area contributed by atoms with Crippen LogP contribution in [0.2, 0.25) is 0 Å². The van der Waals surface area contributed by atoms with Crippen LogP contribution >= 0.6 is 0 Å². The maximum absolute atomic E-state index is 11.1. The van der Waals surface area contributed by atoms with Gasteiger partial charge in [-0.25, -0.2) is 0 Å². The topological polar surface area (TPSA) is 60.4 Å². The summed E-state index contributed by atoms with van der Waals surface area (Å²) in [6.45, 7) is 10.0. The summed E-state index contributed by atoms with van der Waals surface area (Å²) in [6.07, 6.45) is 1.77. The number of aromatic nitrogens is 1. The number of nitro benzene ring substituents is 1. The second-order valence-corrected chi connectivity index (χ2v) is 6.99. The fourth-order valence-electron chi connectivity index (χ4n) is 3.41. The first-order valence-corrected chi connectivity index (χ1v) is 8.83. The monoisotopic (exact) mass is 361 g/mol. The SMILES string of the molecule is Cc1cc(C)cc(-n2c(C)cc(C=Nc3ccc(C)c([N+](=O)[O-])c3)c2C)c1. The van der Waals surface area contributed by atoms with Crippen molar-refractivity contribution in [1.82, 2.24) is 4.57 Å². The Balaban J connectivity index is 1.99. The molecule has 0 aliphatic carbocycles. The van der Waals surface area contributed by atoms with Crippen molar-refractivity contribution < 1.29 is 4.92 Å². The van der Waals surface area contributed by atoms with E-state index in [4.69, 9.17) is 0 Å². The fraction of sp³-hybridized carbons (Fsp3) is 0.227. The molecule has 0 aliphatic rings. The summed E-state index contributed by atoms with van der Waals surface area (Å²) >= 11 is 0. The molecule has 3 aromatic rings. The molecular weight excluding hydrogens is 338 g/mol. The van der Waals surface area contributed by atoms with Crippen LogP contribution in [0.1, 0.15) is 33.6 Å². The lowest BCUT2D eigenvalue weighted by molar-refractivity contribution is -0.385. The van der Waals surface area contributed by atoms with Crippen molar-refractivity contribution >= 4 is 17.6 Å². The summed E-state index contributed by atoms with van der Waals surface area (Å²) in [7, 11) is 0. The van der Waals surface area contributed by atoms with Crippen LogP contribution in [-0.2, 0) is 0 Å². The smallest absolute Gasteiger partial charge is 0.274 e. The van der Waals surface area contributed by atoms with Crippen molar-refractivity contribution in [2.45, 2.75) is 34.6 Å². The van der Waals surface area contributed by atoms with Gasteiger partial charge in [0.2, 0.25) is 0 Å². The average molecular weight is 361 g/mol. The molecule has 1 heterocycles. The van der Waals surface area contributed by atoms with E-state index in [0.717, 1.165) is 22.6 Å². The molecule has 27 heavy (non-hydrogen) atoms. The third-order valence-corrected chi connectivity index (χ3v) is 4.68. The summed E-state index contributed by atoms with van der Waals surface area (Å²) in [6, 6.07) is 13.6. The first-order chi connectivity index (χ1) is 12.8. The molecule has 0 saturated carbocycles. The number of rotatable bonds is 4. The Morgan fingerprint density at radius 3 is 2.26 bits per heavy atom. The van der Waals surface area contributed by atoms with Gasteiger partial charge in [0, 0.05) is 40.5 Å². The highest BCUT2D eigenvalue weighted by atomic mass is 16.6. The standard InChI is InChI=1S/C22H23N3O2/c1-14-8-15(2)10-21(9-14)24-17(4)11-19(18(24)5)13-23-20-7-6-16(3)22(12-20)25(26)27/h6-13H,1-5H3. The minimum atomic E-state index is -0.375. The van der Waals surface area contributed by atoms with Crippen molar-refractivity contribution in [3.05, 3.63) is 86.2 Å². The summed E-state index contributed by atoms with van der Waals surface area (Å²) in [5.74, 6) is 0. The van der Waals surface area contributed by atoms with E-state index in [2.05, 4.69) is 61.5 Å². The highest BCUT2D eigenvalue weighted by Gasteiger charge is 2.12. The van der Waals surface area contributed by atoms with Gasteiger partial charge in [0.15, 0.2) is 0 Å². The van der Waals surface area contributed by atoms with Crippen molar-refractivity contribution in [2.24, 2.45) is 4.99 Å². The highest BCUT2D eigenvalue weighted by molar-refractivity contribution is 5.84. The zero-order valence-electron chi connectivity index (χ0n) is 16.3. The van der Waals surface area contributed by atoms with Gasteiger partial charge in [-0.15, -0.1) is 0 Å². The van der Waals surface area contributed by atoms with Gasteiger partial charge in [-0.3, -0.25) is 15.1 Å². The third kappa shape index (κ3) is 3.82. The molecule has 0 N–H and O–H groups in total. The lowest BCUT2D eigenvalue weighted by Gasteiger charge is -2.11. The van der Waals surface area contributed by atoms with Crippen LogP contribution < -0.4 is 0 Å². The lowest BCUT2D eigenvalue weighted by Crippen LogP contribution is -2.00. The molecule has 138 valence electrons. The summed E-state index contributed by atoms with van der Waals surface area (Å²) in [5.41, 5.74) is 8.07. The van der Waals surface area contributed by atoms with Crippen LogP contribution in [0.25, 0.3) is 5.69 Å². The maximum atomic E-state index is 11.1. The number of nitrogens with zero attached hydrogens (tertiary/aromatic N) is 3. The van der Waals surface area contributed by atoms with Gasteiger partial charge in [0.25, 0.3) is 5.69 Å². The van der Waals surface area contributed by atoms with E-state index in [9.17, 15) is 10.1 Å². The molecule has 0 unspecified atom stereocenters. The van der Waals surface area contributed by atoms with Gasteiger partial charge in [0.1, 0.15) is 0 Å². The Morgan fingerprint density at radius 2 is 1.63 bits per heavy atom. The molecule has 3 rings (SSSR count).